The molecular weight excluding hydrogens is 256 g/mol. The second-order valence-corrected chi connectivity index (χ2v) is 6.65. The zero-order chi connectivity index (χ0) is 14.8. The van der Waals surface area contributed by atoms with E-state index in [9.17, 15) is 0 Å². The lowest BCUT2D eigenvalue weighted by molar-refractivity contribution is 0.284. The second-order valence-electron chi connectivity index (χ2n) is 6.65. The van der Waals surface area contributed by atoms with E-state index in [4.69, 9.17) is 0 Å². The maximum Gasteiger partial charge on any atom is 0.0483 e. The van der Waals surface area contributed by atoms with Crippen molar-refractivity contribution in [2.75, 3.05) is 0 Å². The van der Waals surface area contributed by atoms with Crippen LogP contribution in [0.15, 0.2) is 24.3 Å². The smallest absolute Gasteiger partial charge is 0.0483 e. The molecule has 114 valence electrons. The highest BCUT2D eigenvalue weighted by atomic mass is 15.0. The van der Waals surface area contributed by atoms with E-state index in [0.717, 1.165) is 12.5 Å². The van der Waals surface area contributed by atoms with Crippen molar-refractivity contribution in [3.05, 3.63) is 35.5 Å². The molecule has 3 rings (SSSR count). The van der Waals surface area contributed by atoms with Crippen LogP contribution in [0.1, 0.15) is 50.3 Å². The average Bonchev–Trinajstić information content (AvgIpc) is 2.78. The molecule has 1 heterocycles. The van der Waals surface area contributed by atoms with Crippen molar-refractivity contribution in [3.8, 4) is 0 Å². The van der Waals surface area contributed by atoms with Crippen LogP contribution < -0.4 is 5.32 Å². The largest absolute Gasteiger partial charge is 0.346 e. The first kappa shape index (κ1) is 14.6. The minimum atomic E-state index is 0.713. The summed E-state index contributed by atoms with van der Waals surface area (Å²) < 4.78 is 2.36. The first-order chi connectivity index (χ1) is 10.2. The van der Waals surface area contributed by atoms with Gasteiger partial charge in [0.15, 0.2) is 0 Å². The second kappa shape index (κ2) is 6.23. The van der Waals surface area contributed by atoms with Gasteiger partial charge in [-0.3, -0.25) is 0 Å². The van der Waals surface area contributed by atoms with E-state index in [1.54, 1.807) is 0 Å². The molecule has 0 aliphatic heterocycles. The summed E-state index contributed by atoms with van der Waals surface area (Å²) in [7, 11) is 2.19. The topological polar surface area (TPSA) is 17.0 Å². The van der Waals surface area contributed by atoms with Crippen LogP contribution >= 0.6 is 0 Å². The van der Waals surface area contributed by atoms with Crippen LogP contribution in [-0.4, -0.2) is 10.6 Å². The summed E-state index contributed by atoms with van der Waals surface area (Å²) in [4.78, 5) is 0. The molecule has 0 saturated heterocycles. The van der Waals surface area contributed by atoms with E-state index in [1.165, 1.54) is 54.3 Å². The van der Waals surface area contributed by atoms with Crippen LogP contribution in [0.5, 0.6) is 0 Å². The Kier molecular flexibility index (Phi) is 4.34. The van der Waals surface area contributed by atoms with Crippen molar-refractivity contribution >= 4 is 10.9 Å². The van der Waals surface area contributed by atoms with Crippen LogP contribution in [0.4, 0.5) is 0 Å². The van der Waals surface area contributed by atoms with Gasteiger partial charge >= 0.3 is 0 Å². The van der Waals surface area contributed by atoms with Crippen molar-refractivity contribution in [1.82, 2.24) is 9.88 Å². The predicted octanol–water partition coefficient (Wildman–Crippen LogP) is 4.55. The summed E-state index contributed by atoms with van der Waals surface area (Å²) in [5, 5.41) is 5.20. The maximum absolute atomic E-state index is 3.80. The van der Waals surface area contributed by atoms with Gasteiger partial charge in [0.2, 0.25) is 0 Å². The fraction of sp³-hybridized carbons (Fsp3) is 0.579. The van der Waals surface area contributed by atoms with Gasteiger partial charge in [0.1, 0.15) is 0 Å². The first-order valence-corrected chi connectivity index (χ1v) is 8.47. The molecule has 2 nitrogen and oxygen atoms in total. The highest BCUT2D eigenvalue weighted by Crippen LogP contribution is 2.28. The fourth-order valence-electron chi connectivity index (χ4n) is 3.90. The summed E-state index contributed by atoms with van der Waals surface area (Å²) in [5.74, 6) is 0.974. The molecule has 1 saturated carbocycles. The highest BCUT2D eigenvalue weighted by Gasteiger charge is 2.20. The molecule has 0 radical (unpaired) electrons. The third-order valence-electron chi connectivity index (χ3n) is 5.49. The normalized spacial score (nSPS) is 22.8. The number of hydrogen-bond acceptors (Lipinski definition) is 1. The molecule has 1 N–H and O–H groups in total. The number of fused-ring (bicyclic) bond motifs is 1. The Morgan fingerprint density at radius 3 is 2.52 bits per heavy atom. The molecule has 1 aliphatic rings. The summed E-state index contributed by atoms with van der Waals surface area (Å²) in [6, 6.07) is 9.44. The molecule has 0 amide bonds. The molecule has 0 unspecified atom stereocenters. The summed E-state index contributed by atoms with van der Waals surface area (Å²) >= 11 is 0. The Morgan fingerprint density at radius 2 is 1.86 bits per heavy atom. The van der Waals surface area contributed by atoms with Gasteiger partial charge in [-0.1, -0.05) is 31.5 Å². The summed E-state index contributed by atoms with van der Waals surface area (Å²) in [5.41, 5.74) is 4.22. The quantitative estimate of drug-likeness (QED) is 0.872. The van der Waals surface area contributed by atoms with Crippen molar-refractivity contribution in [1.29, 1.82) is 0 Å². The number of hydrogen-bond donors (Lipinski definition) is 1. The Bertz CT molecular complexity index is 564. The molecule has 0 bridgehead atoms. The lowest BCUT2D eigenvalue weighted by Crippen LogP contribution is -2.33. The van der Waals surface area contributed by atoms with E-state index in [0.29, 0.717) is 6.04 Å². The molecule has 0 spiro atoms. The fourth-order valence-corrected chi connectivity index (χ4v) is 3.90. The van der Waals surface area contributed by atoms with Gasteiger partial charge in [0.05, 0.1) is 0 Å². The zero-order valence-electron chi connectivity index (χ0n) is 13.7. The molecule has 1 aromatic heterocycles. The number of aryl methyl sites for hydroxylation is 2. The Labute approximate surface area is 128 Å². The number of benzene rings is 1. The van der Waals surface area contributed by atoms with Gasteiger partial charge in [-0.15, -0.1) is 0 Å². The van der Waals surface area contributed by atoms with E-state index < -0.39 is 0 Å². The molecule has 2 heteroatoms. The summed E-state index contributed by atoms with van der Waals surface area (Å²) in [6.07, 6.45) is 6.86. The molecule has 2 aromatic rings. The van der Waals surface area contributed by atoms with Crippen LogP contribution in [-0.2, 0) is 13.6 Å². The van der Waals surface area contributed by atoms with E-state index in [2.05, 4.69) is 55.0 Å². The van der Waals surface area contributed by atoms with Crippen LogP contribution in [0.3, 0.4) is 0 Å². The standard InChI is InChI=1S/C19H28N2/c1-4-15-9-11-16(12-10-15)20-13-19-14(2)17-7-5-6-8-18(17)21(19)3/h5-8,15-16,20H,4,9-13H2,1-3H3. The van der Waals surface area contributed by atoms with Crippen LogP contribution in [0.2, 0.25) is 0 Å². The first-order valence-electron chi connectivity index (χ1n) is 8.47. The maximum atomic E-state index is 3.80. The molecule has 0 atom stereocenters. The zero-order valence-corrected chi connectivity index (χ0v) is 13.7. The van der Waals surface area contributed by atoms with Crippen molar-refractivity contribution in [3.63, 3.8) is 0 Å². The minimum Gasteiger partial charge on any atom is -0.346 e. The number of nitrogens with zero attached hydrogens (tertiary/aromatic N) is 1. The van der Waals surface area contributed by atoms with E-state index in [-0.39, 0.29) is 0 Å². The van der Waals surface area contributed by atoms with Gasteiger partial charge < -0.3 is 9.88 Å². The highest BCUT2D eigenvalue weighted by molar-refractivity contribution is 5.85. The third kappa shape index (κ3) is 2.87. The Morgan fingerprint density at radius 1 is 1.14 bits per heavy atom. The number of rotatable bonds is 4. The van der Waals surface area contributed by atoms with E-state index in [1.807, 2.05) is 0 Å². The summed E-state index contributed by atoms with van der Waals surface area (Å²) in [6.45, 7) is 5.59. The van der Waals surface area contributed by atoms with Gasteiger partial charge in [-0.05, 0) is 50.2 Å². The van der Waals surface area contributed by atoms with E-state index >= 15 is 0 Å². The van der Waals surface area contributed by atoms with Gasteiger partial charge in [-0.2, -0.15) is 0 Å². The molecule has 1 fully saturated rings. The minimum absolute atomic E-state index is 0.713. The molecule has 21 heavy (non-hydrogen) atoms. The van der Waals surface area contributed by atoms with Crippen molar-refractivity contribution in [2.24, 2.45) is 13.0 Å². The Hall–Kier alpha value is -1.28. The molecule has 1 aliphatic carbocycles. The van der Waals surface area contributed by atoms with Gasteiger partial charge in [-0.25, -0.2) is 0 Å². The van der Waals surface area contributed by atoms with Crippen molar-refractivity contribution in [2.45, 2.75) is 58.5 Å². The van der Waals surface area contributed by atoms with Crippen LogP contribution in [0.25, 0.3) is 10.9 Å². The average molecular weight is 284 g/mol. The van der Waals surface area contributed by atoms with Crippen LogP contribution in [0, 0.1) is 12.8 Å². The molecular formula is C19H28N2. The number of para-hydroxylation sites is 1. The van der Waals surface area contributed by atoms with Gasteiger partial charge in [0.25, 0.3) is 0 Å². The third-order valence-corrected chi connectivity index (χ3v) is 5.49. The SMILES string of the molecule is CCC1CCC(NCc2c(C)c3ccccc3n2C)CC1. The number of aromatic nitrogens is 1. The molecule has 1 aromatic carbocycles. The lowest BCUT2D eigenvalue weighted by Gasteiger charge is -2.28. The lowest BCUT2D eigenvalue weighted by atomic mass is 9.84. The van der Waals surface area contributed by atoms with Crippen molar-refractivity contribution < 1.29 is 0 Å². The monoisotopic (exact) mass is 284 g/mol. The predicted molar refractivity (Wildman–Crippen MR) is 90.5 cm³/mol. The van der Waals surface area contributed by atoms with Gasteiger partial charge in [0, 0.05) is 36.2 Å². The number of nitrogens with one attached hydrogen (secondary N) is 1. The Balaban J connectivity index is 1.69.